The molecule has 0 amide bonds. The van der Waals surface area contributed by atoms with Crippen LogP contribution in [0.15, 0.2) is 48.5 Å². The monoisotopic (exact) mass is 319 g/mol. The molecule has 1 saturated heterocycles. The van der Waals surface area contributed by atoms with Gasteiger partial charge in [0.05, 0.1) is 10.0 Å². The van der Waals surface area contributed by atoms with Crippen molar-refractivity contribution in [1.82, 2.24) is 5.32 Å². The van der Waals surface area contributed by atoms with E-state index in [9.17, 15) is 0 Å². The number of benzene rings is 2. The van der Waals surface area contributed by atoms with Gasteiger partial charge in [-0.25, -0.2) is 0 Å². The molecule has 1 nitrogen and oxygen atoms in total. The molecule has 0 bridgehead atoms. The highest BCUT2D eigenvalue weighted by molar-refractivity contribution is 6.42. The van der Waals surface area contributed by atoms with Crippen LogP contribution in [0.5, 0.6) is 0 Å². The minimum Gasteiger partial charge on any atom is -0.316 e. The number of hydrogen-bond acceptors (Lipinski definition) is 1. The van der Waals surface area contributed by atoms with Gasteiger partial charge < -0.3 is 5.32 Å². The van der Waals surface area contributed by atoms with Crippen LogP contribution in [-0.4, -0.2) is 13.1 Å². The molecule has 0 radical (unpaired) electrons. The van der Waals surface area contributed by atoms with Crippen molar-refractivity contribution in [2.45, 2.75) is 18.8 Å². The third kappa shape index (κ3) is 3.60. The number of hydrogen-bond donors (Lipinski definition) is 1. The second-order valence-corrected chi connectivity index (χ2v) is 6.54. The van der Waals surface area contributed by atoms with Gasteiger partial charge in [0, 0.05) is 0 Å². The molecule has 110 valence electrons. The molecule has 3 heteroatoms. The number of halogens is 2. The van der Waals surface area contributed by atoms with Crippen molar-refractivity contribution in [2.24, 2.45) is 5.92 Å². The fourth-order valence-electron chi connectivity index (χ4n) is 3.24. The van der Waals surface area contributed by atoms with Crippen LogP contribution in [-0.2, 0) is 6.42 Å². The van der Waals surface area contributed by atoms with Crippen molar-refractivity contribution in [3.8, 4) is 0 Å². The van der Waals surface area contributed by atoms with E-state index in [1.54, 1.807) is 0 Å². The minimum atomic E-state index is 0.543. The van der Waals surface area contributed by atoms with Crippen LogP contribution >= 0.6 is 23.2 Å². The van der Waals surface area contributed by atoms with Crippen molar-refractivity contribution >= 4 is 23.2 Å². The second-order valence-electron chi connectivity index (χ2n) is 5.72. The summed E-state index contributed by atoms with van der Waals surface area (Å²) in [5.74, 6) is 1.14. The van der Waals surface area contributed by atoms with E-state index < -0.39 is 0 Å². The lowest BCUT2D eigenvalue weighted by Gasteiger charge is -2.33. The first-order valence-electron chi connectivity index (χ1n) is 7.43. The maximum Gasteiger partial charge on any atom is 0.0595 e. The third-order valence-corrected chi connectivity index (χ3v) is 5.06. The lowest BCUT2D eigenvalue weighted by Crippen LogP contribution is -2.36. The van der Waals surface area contributed by atoms with E-state index in [2.05, 4.69) is 41.7 Å². The van der Waals surface area contributed by atoms with Gasteiger partial charge in [0.25, 0.3) is 0 Å². The van der Waals surface area contributed by atoms with Gasteiger partial charge in [-0.3, -0.25) is 0 Å². The molecule has 2 atom stereocenters. The van der Waals surface area contributed by atoms with Gasteiger partial charge in [0.2, 0.25) is 0 Å². The van der Waals surface area contributed by atoms with E-state index in [0.29, 0.717) is 21.9 Å². The topological polar surface area (TPSA) is 12.0 Å². The summed E-state index contributed by atoms with van der Waals surface area (Å²) in [4.78, 5) is 0. The molecule has 1 N–H and O–H groups in total. The maximum atomic E-state index is 6.19. The molecular weight excluding hydrogens is 301 g/mol. The Morgan fingerprint density at radius 2 is 1.81 bits per heavy atom. The molecule has 2 aromatic carbocycles. The number of rotatable bonds is 3. The average Bonchev–Trinajstić information content (AvgIpc) is 2.52. The van der Waals surface area contributed by atoms with Gasteiger partial charge in [-0.15, -0.1) is 0 Å². The molecule has 3 rings (SSSR count). The summed E-state index contributed by atoms with van der Waals surface area (Å²) in [5, 5.41) is 4.81. The van der Waals surface area contributed by atoms with Crippen LogP contribution in [0.25, 0.3) is 0 Å². The summed E-state index contributed by atoms with van der Waals surface area (Å²) < 4.78 is 0. The molecule has 1 aliphatic heterocycles. The standard InChI is InChI=1S/C18H19Cl2N/c19-17-7-6-14(11-18(17)20)16-8-9-21-12-15(16)10-13-4-2-1-3-5-13/h1-7,11,15-16,21H,8-10,12H2. The zero-order valence-electron chi connectivity index (χ0n) is 11.9. The van der Waals surface area contributed by atoms with Gasteiger partial charge in [-0.1, -0.05) is 59.6 Å². The summed E-state index contributed by atoms with van der Waals surface area (Å²) in [6.45, 7) is 2.12. The smallest absolute Gasteiger partial charge is 0.0595 e. The highest BCUT2D eigenvalue weighted by atomic mass is 35.5. The summed E-state index contributed by atoms with van der Waals surface area (Å²) in [6, 6.07) is 16.8. The predicted molar refractivity (Wildman–Crippen MR) is 90.3 cm³/mol. The lowest BCUT2D eigenvalue weighted by molar-refractivity contribution is 0.324. The van der Waals surface area contributed by atoms with E-state index in [0.717, 1.165) is 25.9 Å². The van der Waals surface area contributed by atoms with Crippen molar-refractivity contribution in [2.75, 3.05) is 13.1 Å². The molecule has 1 heterocycles. The Morgan fingerprint density at radius 1 is 1.00 bits per heavy atom. The van der Waals surface area contributed by atoms with Crippen molar-refractivity contribution in [3.63, 3.8) is 0 Å². The first-order valence-corrected chi connectivity index (χ1v) is 8.19. The van der Waals surface area contributed by atoms with Gasteiger partial charge in [0.15, 0.2) is 0 Å². The van der Waals surface area contributed by atoms with E-state index in [1.807, 2.05) is 12.1 Å². The Morgan fingerprint density at radius 3 is 2.57 bits per heavy atom. The highest BCUT2D eigenvalue weighted by Crippen LogP contribution is 2.35. The van der Waals surface area contributed by atoms with Crippen LogP contribution in [0.3, 0.4) is 0 Å². The number of piperidine rings is 1. The lowest BCUT2D eigenvalue weighted by atomic mass is 9.78. The molecule has 21 heavy (non-hydrogen) atoms. The third-order valence-electron chi connectivity index (χ3n) is 4.32. The fraction of sp³-hybridized carbons (Fsp3) is 0.333. The molecule has 0 aromatic heterocycles. The Bertz CT molecular complexity index is 597. The van der Waals surface area contributed by atoms with Crippen LogP contribution in [0.2, 0.25) is 10.0 Å². The summed E-state index contributed by atoms with van der Waals surface area (Å²) >= 11 is 12.2. The molecule has 2 unspecified atom stereocenters. The number of nitrogens with one attached hydrogen (secondary N) is 1. The van der Waals surface area contributed by atoms with Gasteiger partial charge >= 0.3 is 0 Å². The second kappa shape index (κ2) is 6.83. The van der Waals surface area contributed by atoms with Crippen LogP contribution in [0, 0.1) is 5.92 Å². The summed E-state index contributed by atoms with van der Waals surface area (Å²) in [5.41, 5.74) is 2.71. The van der Waals surface area contributed by atoms with E-state index in [1.165, 1.54) is 11.1 Å². The Labute approximate surface area is 136 Å². The quantitative estimate of drug-likeness (QED) is 0.845. The molecule has 1 fully saturated rings. The molecule has 0 saturated carbocycles. The minimum absolute atomic E-state index is 0.543. The van der Waals surface area contributed by atoms with Gasteiger partial charge in [0.1, 0.15) is 0 Å². The summed E-state index contributed by atoms with van der Waals surface area (Å²) in [6.07, 6.45) is 2.24. The fourth-order valence-corrected chi connectivity index (χ4v) is 3.54. The molecule has 1 aliphatic rings. The van der Waals surface area contributed by atoms with Gasteiger partial charge in [-0.05, 0) is 61.0 Å². The van der Waals surface area contributed by atoms with Gasteiger partial charge in [-0.2, -0.15) is 0 Å². The van der Waals surface area contributed by atoms with Crippen LogP contribution in [0.4, 0.5) is 0 Å². The van der Waals surface area contributed by atoms with Crippen LogP contribution < -0.4 is 5.32 Å². The molecular formula is C18H19Cl2N. The normalized spacial score (nSPS) is 22.2. The highest BCUT2D eigenvalue weighted by Gasteiger charge is 2.26. The Kier molecular flexibility index (Phi) is 4.84. The molecule has 0 aliphatic carbocycles. The van der Waals surface area contributed by atoms with Crippen LogP contribution in [0.1, 0.15) is 23.5 Å². The van der Waals surface area contributed by atoms with Crippen molar-refractivity contribution in [3.05, 3.63) is 69.7 Å². The van der Waals surface area contributed by atoms with Crippen molar-refractivity contribution < 1.29 is 0 Å². The average molecular weight is 320 g/mol. The van der Waals surface area contributed by atoms with E-state index in [-0.39, 0.29) is 0 Å². The summed E-state index contributed by atoms with van der Waals surface area (Å²) in [7, 11) is 0. The van der Waals surface area contributed by atoms with E-state index in [4.69, 9.17) is 23.2 Å². The first-order chi connectivity index (χ1) is 10.2. The SMILES string of the molecule is Clc1ccc(C2CCNCC2Cc2ccccc2)cc1Cl. The molecule has 0 spiro atoms. The zero-order valence-corrected chi connectivity index (χ0v) is 13.4. The largest absolute Gasteiger partial charge is 0.316 e. The zero-order chi connectivity index (χ0) is 14.7. The Hall–Kier alpha value is -1.02. The maximum absolute atomic E-state index is 6.19. The van der Waals surface area contributed by atoms with Crippen molar-refractivity contribution in [1.29, 1.82) is 0 Å². The first kappa shape index (κ1) is 14.9. The Balaban J connectivity index is 1.82. The molecule has 2 aromatic rings. The van der Waals surface area contributed by atoms with E-state index >= 15 is 0 Å². The predicted octanol–water partition coefficient (Wildman–Crippen LogP) is 4.93.